The van der Waals surface area contributed by atoms with Gasteiger partial charge in [-0.15, -0.1) is 11.3 Å². The Hall–Kier alpha value is -3.12. The number of hydrogen-bond acceptors (Lipinski definition) is 4. The van der Waals surface area contributed by atoms with Gasteiger partial charge in [0.25, 0.3) is 5.91 Å². The second kappa shape index (κ2) is 10.9. The lowest BCUT2D eigenvalue weighted by Crippen LogP contribution is -2.49. The van der Waals surface area contributed by atoms with Gasteiger partial charge in [0.15, 0.2) is 0 Å². The molecular formula is C28H32N2O3S. The molecule has 2 heterocycles. The van der Waals surface area contributed by atoms with Gasteiger partial charge < -0.3 is 14.5 Å². The number of amides is 2. The van der Waals surface area contributed by atoms with Crippen LogP contribution in [0.2, 0.25) is 0 Å². The Kier molecular flexibility index (Phi) is 7.68. The van der Waals surface area contributed by atoms with Gasteiger partial charge in [-0.2, -0.15) is 0 Å². The molecule has 4 rings (SSSR count). The molecule has 1 aliphatic rings. The maximum Gasteiger partial charge on any atom is 0.254 e. The molecule has 0 unspecified atom stereocenters. The molecule has 6 heteroatoms. The van der Waals surface area contributed by atoms with E-state index in [0.29, 0.717) is 18.7 Å². The number of nitrogens with zero attached hydrogens (tertiary/aromatic N) is 2. The zero-order valence-electron chi connectivity index (χ0n) is 20.1. The molecule has 0 N–H and O–H groups in total. The molecule has 0 saturated carbocycles. The molecule has 0 bridgehead atoms. The van der Waals surface area contributed by atoms with Gasteiger partial charge in [0.1, 0.15) is 18.9 Å². The van der Waals surface area contributed by atoms with Crippen LogP contribution in [0.15, 0.2) is 66.0 Å². The van der Waals surface area contributed by atoms with E-state index in [2.05, 4.69) is 11.4 Å². The van der Waals surface area contributed by atoms with Crippen molar-refractivity contribution < 1.29 is 14.3 Å². The quantitative estimate of drug-likeness (QED) is 0.431. The van der Waals surface area contributed by atoms with Crippen molar-refractivity contribution in [1.29, 1.82) is 0 Å². The number of carbonyl (C=O) groups excluding carboxylic acids is 2. The molecule has 0 spiro atoms. The van der Waals surface area contributed by atoms with Crippen LogP contribution in [-0.2, 0) is 11.2 Å². The van der Waals surface area contributed by atoms with Gasteiger partial charge >= 0.3 is 0 Å². The molecule has 2 amide bonds. The average Bonchev–Trinajstić information content (AvgIpc) is 3.35. The van der Waals surface area contributed by atoms with Crippen molar-refractivity contribution in [3.63, 3.8) is 0 Å². The molecule has 2 aromatic carbocycles. The van der Waals surface area contributed by atoms with Gasteiger partial charge in [-0.25, -0.2) is 0 Å². The summed E-state index contributed by atoms with van der Waals surface area (Å²) in [6.45, 7) is 7.15. The largest absolute Gasteiger partial charge is 0.491 e. The van der Waals surface area contributed by atoms with Gasteiger partial charge in [-0.1, -0.05) is 42.8 Å². The Labute approximate surface area is 206 Å². The van der Waals surface area contributed by atoms with E-state index in [0.717, 1.165) is 24.2 Å². The monoisotopic (exact) mass is 476 g/mol. The van der Waals surface area contributed by atoms with E-state index in [4.69, 9.17) is 4.74 Å². The number of fused-ring (bicyclic) bond motifs is 1. The minimum absolute atomic E-state index is 0.0413. The summed E-state index contributed by atoms with van der Waals surface area (Å²) in [5, 5.41) is 2.09. The Bertz CT molecular complexity index is 1110. The number of thiophene rings is 1. The van der Waals surface area contributed by atoms with Crippen molar-refractivity contribution in [2.75, 3.05) is 19.7 Å². The Morgan fingerprint density at radius 3 is 2.56 bits per heavy atom. The lowest BCUT2D eigenvalue weighted by Gasteiger charge is -2.38. The minimum atomic E-state index is -0.172. The van der Waals surface area contributed by atoms with Crippen molar-refractivity contribution in [1.82, 2.24) is 9.80 Å². The zero-order valence-corrected chi connectivity index (χ0v) is 20.9. The predicted molar refractivity (Wildman–Crippen MR) is 136 cm³/mol. The lowest BCUT2D eigenvalue weighted by atomic mass is 10.00. The highest BCUT2D eigenvalue weighted by Gasteiger charge is 2.34. The van der Waals surface area contributed by atoms with E-state index in [1.807, 2.05) is 68.1 Å². The maximum absolute atomic E-state index is 13.6. The molecule has 1 aromatic heterocycles. The number of hydrogen-bond donors (Lipinski definition) is 0. The van der Waals surface area contributed by atoms with Crippen LogP contribution in [0.25, 0.3) is 0 Å². The first-order valence-electron chi connectivity index (χ1n) is 11.9. The van der Waals surface area contributed by atoms with Crippen LogP contribution < -0.4 is 4.74 Å². The summed E-state index contributed by atoms with van der Waals surface area (Å²) in [6.07, 6.45) is 1.61. The number of rotatable bonds is 8. The topological polar surface area (TPSA) is 49.9 Å². The summed E-state index contributed by atoms with van der Waals surface area (Å²) in [6, 6.07) is 19.1. The Balaban J connectivity index is 1.54. The van der Waals surface area contributed by atoms with Gasteiger partial charge in [-0.05, 0) is 68.0 Å². The normalized spacial score (nSPS) is 16.0. The summed E-state index contributed by atoms with van der Waals surface area (Å²) in [4.78, 5) is 31.8. The van der Waals surface area contributed by atoms with Crippen LogP contribution in [0.1, 0.15) is 52.7 Å². The van der Waals surface area contributed by atoms with Crippen LogP contribution in [0, 0.1) is 6.92 Å². The summed E-state index contributed by atoms with van der Waals surface area (Å²) in [5.74, 6) is 0.642. The second-order valence-electron chi connectivity index (χ2n) is 8.83. The van der Waals surface area contributed by atoms with Gasteiger partial charge in [0.05, 0.1) is 6.04 Å². The molecule has 34 heavy (non-hydrogen) atoms. The molecule has 1 aliphatic heterocycles. The highest BCUT2D eigenvalue weighted by Crippen LogP contribution is 2.34. The first kappa shape index (κ1) is 24.0. The van der Waals surface area contributed by atoms with E-state index in [1.54, 1.807) is 28.4 Å². The van der Waals surface area contributed by atoms with Crippen molar-refractivity contribution in [3.8, 4) is 5.75 Å². The van der Waals surface area contributed by atoms with E-state index in [9.17, 15) is 9.59 Å². The van der Waals surface area contributed by atoms with Gasteiger partial charge in [0.2, 0.25) is 5.91 Å². The molecule has 178 valence electrons. The first-order valence-corrected chi connectivity index (χ1v) is 12.8. The number of ether oxygens (including phenoxy) is 1. The fourth-order valence-corrected chi connectivity index (χ4v) is 5.24. The molecule has 3 aromatic rings. The van der Waals surface area contributed by atoms with Crippen molar-refractivity contribution in [3.05, 3.63) is 87.6 Å². The highest BCUT2D eigenvalue weighted by atomic mass is 32.1. The SMILES string of the molecule is CC[C@H](C)N(CC(=O)N1CCc2sccc2[C@H]1COc1ccc(C)cc1)C(=O)c1ccccc1. The van der Waals surface area contributed by atoms with Crippen LogP contribution in [0.3, 0.4) is 0 Å². The number of aryl methyl sites for hydroxylation is 1. The summed E-state index contributed by atoms with van der Waals surface area (Å²) in [7, 11) is 0. The van der Waals surface area contributed by atoms with Crippen LogP contribution in [0.5, 0.6) is 5.75 Å². The fourth-order valence-electron chi connectivity index (χ4n) is 4.32. The third kappa shape index (κ3) is 5.33. The number of carbonyl (C=O) groups is 2. The smallest absolute Gasteiger partial charge is 0.254 e. The van der Waals surface area contributed by atoms with Gasteiger partial charge in [0, 0.05) is 23.0 Å². The second-order valence-corrected chi connectivity index (χ2v) is 9.83. The summed E-state index contributed by atoms with van der Waals surface area (Å²) < 4.78 is 6.13. The zero-order chi connectivity index (χ0) is 24.1. The standard InChI is InChI=1S/C28H32N2O3S/c1-4-21(3)30(28(32)22-8-6-5-7-9-22)18-27(31)29-16-14-26-24(15-17-34-26)25(29)19-33-23-12-10-20(2)11-13-23/h5-13,15,17,21,25H,4,14,16,18-19H2,1-3H3/t21-,25+/m0/s1. The third-order valence-corrected chi connectivity index (χ3v) is 7.55. The Morgan fingerprint density at radius 1 is 1.12 bits per heavy atom. The molecule has 5 nitrogen and oxygen atoms in total. The maximum atomic E-state index is 13.6. The van der Waals surface area contributed by atoms with E-state index >= 15 is 0 Å². The minimum Gasteiger partial charge on any atom is -0.491 e. The molecular weight excluding hydrogens is 444 g/mol. The van der Waals surface area contributed by atoms with E-state index in [1.165, 1.54) is 10.4 Å². The molecule has 2 atom stereocenters. The lowest BCUT2D eigenvalue weighted by molar-refractivity contribution is -0.136. The predicted octanol–water partition coefficient (Wildman–Crippen LogP) is 5.50. The van der Waals surface area contributed by atoms with Crippen molar-refractivity contribution in [2.24, 2.45) is 0 Å². The molecule has 0 radical (unpaired) electrons. The number of benzene rings is 2. The van der Waals surface area contributed by atoms with E-state index < -0.39 is 0 Å². The van der Waals surface area contributed by atoms with Crippen LogP contribution in [0.4, 0.5) is 0 Å². The third-order valence-electron chi connectivity index (χ3n) is 6.55. The molecule has 0 saturated heterocycles. The van der Waals surface area contributed by atoms with Crippen molar-refractivity contribution in [2.45, 2.75) is 45.7 Å². The summed E-state index contributed by atoms with van der Waals surface area (Å²) in [5.41, 5.74) is 2.94. The van der Waals surface area contributed by atoms with Crippen LogP contribution >= 0.6 is 11.3 Å². The first-order chi connectivity index (χ1) is 16.5. The Morgan fingerprint density at radius 2 is 1.85 bits per heavy atom. The van der Waals surface area contributed by atoms with Crippen LogP contribution in [-0.4, -0.2) is 47.4 Å². The summed E-state index contributed by atoms with van der Waals surface area (Å²) >= 11 is 1.73. The average molecular weight is 477 g/mol. The fraction of sp³-hybridized carbons (Fsp3) is 0.357. The highest BCUT2D eigenvalue weighted by molar-refractivity contribution is 7.10. The van der Waals surface area contributed by atoms with Gasteiger partial charge in [-0.3, -0.25) is 9.59 Å². The molecule has 0 aliphatic carbocycles. The molecule has 0 fully saturated rings. The van der Waals surface area contributed by atoms with E-state index in [-0.39, 0.29) is 30.4 Å². The van der Waals surface area contributed by atoms with Crippen molar-refractivity contribution >= 4 is 23.2 Å².